The fourth-order valence-electron chi connectivity index (χ4n) is 1.47. The first-order valence-corrected chi connectivity index (χ1v) is 5.33. The van der Waals surface area contributed by atoms with Crippen LogP contribution in [-0.4, -0.2) is 18.6 Å². The number of thiazole rings is 1. The Balaban J connectivity index is 2.54. The highest BCUT2D eigenvalue weighted by Gasteiger charge is 2.06. The number of hydrogen-bond donors (Lipinski definition) is 1. The minimum Gasteiger partial charge on any atom is -0.496 e. The second kappa shape index (κ2) is 3.94. The molecule has 0 amide bonds. The van der Waals surface area contributed by atoms with Crippen LogP contribution in [0.3, 0.4) is 0 Å². The number of hydrogen-bond acceptors (Lipinski definition) is 4. The first-order valence-electron chi connectivity index (χ1n) is 4.45. The molecule has 1 aromatic heterocycles. The van der Waals surface area contributed by atoms with Crippen molar-refractivity contribution >= 4 is 21.6 Å². The van der Waals surface area contributed by atoms with Crippen LogP contribution in [0.4, 0.5) is 0 Å². The maximum Gasteiger partial charge on any atom is 0.123 e. The number of nitrogens with zero attached hydrogens (tertiary/aromatic N) is 1. The molecule has 0 unspecified atom stereocenters. The lowest BCUT2D eigenvalue weighted by Gasteiger charge is -2.06. The molecule has 4 heteroatoms. The number of ether oxygens (including phenoxy) is 1. The van der Waals surface area contributed by atoms with Crippen molar-refractivity contribution in [3.8, 4) is 5.75 Å². The average molecular weight is 208 g/mol. The van der Waals surface area contributed by atoms with E-state index < -0.39 is 0 Å². The summed E-state index contributed by atoms with van der Waals surface area (Å²) in [6.07, 6.45) is 0.830. The number of fused-ring (bicyclic) bond motifs is 1. The predicted octanol–water partition coefficient (Wildman–Crippen LogP) is 1.81. The van der Waals surface area contributed by atoms with E-state index in [1.54, 1.807) is 18.4 Å². The molecule has 74 valence electrons. The van der Waals surface area contributed by atoms with Gasteiger partial charge in [-0.25, -0.2) is 4.98 Å². The lowest BCUT2D eigenvalue weighted by atomic mass is 10.1. The zero-order valence-corrected chi connectivity index (χ0v) is 8.80. The number of methoxy groups -OCH3 is 1. The molecule has 0 fully saturated rings. The average Bonchev–Trinajstić information content (AvgIpc) is 2.64. The number of benzene rings is 1. The normalized spacial score (nSPS) is 10.7. The Morgan fingerprint density at radius 3 is 3.07 bits per heavy atom. The fourth-order valence-corrected chi connectivity index (χ4v) is 2.16. The van der Waals surface area contributed by atoms with Crippen LogP contribution in [0.5, 0.6) is 5.75 Å². The largest absolute Gasteiger partial charge is 0.496 e. The van der Waals surface area contributed by atoms with E-state index >= 15 is 0 Å². The number of nitrogens with two attached hydrogens (primary N) is 1. The van der Waals surface area contributed by atoms with E-state index in [1.165, 1.54) is 0 Å². The van der Waals surface area contributed by atoms with Crippen LogP contribution >= 0.6 is 11.3 Å². The lowest BCUT2D eigenvalue weighted by Crippen LogP contribution is -2.04. The van der Waals surface area contributed by atoms with Gasteiger partial charge in [0.05, 0.1) is 22.8 Å². The van der Waals surface area contributed by atoms with Gasteiger partial charge in [0, 0.05) is 0 Å². The first-order chi connectivity index (χ1) is 6.85. The van der Waals surface area contributed by atoms with Gasteiger partial charge in [-0.3, -0.25) is 0 Å². The van der Waals surface area contributed by atoms with Crippen LogP contribution in [0.25, 0.3) is 10.2 Å². The van der Waals surface area contributed by atoms with Crippen molar-refractivity contribution < 1.29 is 4.74 Å². The van der Waals surface area contributed by atoms with E-state index in [4.69, 9.17) is 10.5 Å². The number of aromatic nitrogens is 1. The second-order valence-electron chi connectivity index (χ2n) is 3.02. The minimum atomic E-state index is 0.631. The summed E-state index contributed by atoms with van der Waals surface area (Å²) < 4.78 is 6.45. The molecule has 0 saturated heterocycles. The van der Waals surface area contributed by atoms with E-state index in [-0.39, 0.29) is 0 Å². The molecular weight excluding hydrogens is 196 g/mol. The highest BCUT2D eigenvalue weighted by atomic mass is 32.1. The van der Waals surface area contributed by atoms with E-state index in [1.807, 2.05) is 11.6 Å². The maximum atomic E-state index is 5.53. The van der Waals surface area contributed by atoms with Crippen molar-refractivity contribution in [1.82, 2.24) is 4.98 Å². The zero-order chi connectivity index (χ0) is 9.97. The molecule has 14 heavy (non-hydrogen) atoms. The van der Waals surface area contributed by atoms with Crippen molar-refractivity contribution in [2.75, 3.05) is 13.7 Å². The molecule has 0 radical (unpaired) electrons. The molecule has 1 heterocycles. The SMILES string of the molecule is COc1cc2scnc2cc1CCN. The molecule has 0 saturated carbocycles. The maximum absolute atomic E-state index is 5.53. The molecule has 0 spiro atoms. The van der Waals surface area contributed by atoms with Crippen LogP contribution in [0, 0.1) is 0 Å². The Morgan fingerprint density at radius 2 is 2.36 bits per heavy atom. The van der Waals surface area contributed by atoms with E-state index in [2.05, 4.69) is 11.1 Å². The zero-order valence-electron chi connectivity index (χ0n) is 7.99. The molecular formula is C10H12N2OS. The van der Waals surface area contributed by atoms with Crippen LogP contribution in [0.15, 0.2) is 17.6 Å². The summed E-state index contributed by atoms with van der Waals surface area (Å²) in [6.45, 7) is 0.631. The van der Waals surface area contributed by atoms with Gasteiger partial charge in [-0.05, 0) is 30.7 Å². The van der Waals surface area contributed by atoms with E-state index in [9.17, 15) is 0 Å². The molecule has 0 aliphatic rings. The summed E-state index contributed by atoms with van der Waals surface area (Å²) in [4.78, 5) is 4.26. The van der Waals surface area contributed by atoms with Crippen molar-refractivity contribution in [2.45, 2.75) is 6.42 Å². The lowest BCUT2D eigenvalue weighted by molar-refractivity contribution is 0.410. The van der Waals surface area contributed by atoms with Gasteiger partial charge < -0.3 is 10.5 Å². The highest BCUT2D eigenvalue weighted by Crippen LogP contribution is 2.27. The number of rotatable bonds is 3. The predicted molar refractivity (Wildman–Crippen MR) is 58.9 cm³/mol. The molecule has 2 rings (SSSR count). The minimum absolute atomic E-state index is 0.631. The van der Waals surface area contributed by atoms with Crippen molar-refractivity contribution in [2.24, 2.45) is 5.73 Å². The topological polar surface area (TPSA) is 48.1 Å². The quantitative estimate of drug-likeness (QED) is 0.836. The second-order valence-corrected chi connectivity index (χ2v) is 3.91. The molecule has 0 bridgehead atoms. The molecule has 3 nitrogen and oxygen atoms in total. The van der Waals surface area contributed by atoms with Gasteiger partial charge in [0.25, 0.3) is 0 Å². The molecule has 1 aromatic carbocycles. The molecule has 2 aromatic rings. The van der Waals surface area contributed by atoms with Gasteiger partial charge in [-0.2, -0.15) is 0 Å². The third kappa shape index (κ3) is 1.58. The Hall–Kier alpha value is -1.13. The van der Waals surface area contributed by atoms with Gasteiger partial charge in [0.15, 0.2) is 0 Å². The van der Waals surface area contributed by atoms with Crippen LogP contribution in [0.1, 0.15) is 5.56 Å². The van der Waals surface area contributed by atoms with Gasteiger partial charge in [0.1, 0.15) is 5.75 Å². The summed E-state index contributed by atoms with van der Waals surface area (Å²) in [5.74, 6) is 0.909. The monoisotopic (exact) mass is 208 g/mol. The highest BCUT2D eigenvalue weighted by molar-refractivity contribution is 7.16. The van der Waals surface area contributed by atoms with Gasteiger partial charge in [-0.1, -0.05) is 0 Å². The first kappa shape index (κ1) is 9.43. The fraction of sp³-hybridized carbons (Fsp3) is 0.300. The Morgan fingerprint density at radius 1 is 1.50 bits per heavy atom. The molecule has 0 atom stereocenters. The smallest absolute Gasteiger partial charge is 0.123 e. The van der Waals surface area contributed by atoms with Gasteiger partial charge in [0.2, 0.25) is 0 Å². The molecule has 0 aliphatic carbocycles. The Labute approximate surface area is 86.5 Å². The third-order valence-corrected chi connectivity index (χ3v) is 2.94. The van der Waals surface area contributed by atoms with Gasteiger partial charge >= 0.3 is 0 Å². The summed E-state index contributed by atoms with van der Waals surface area (Å²) in [7, 11) is 1.68. The Bertz CT molecular complexity index is 439. The summed E-state index contributed by atoms with van der Waals surface area (Å²) in [5.41, 5.74) is 9.53. The summed E-state index contributed by atoms with van der Waals surface area (Å²) in [5, 5.41) is 0. The molecule has 2 N–H and O–H groups in total. The Kier molecular flexibility index (Phi) is 2.65. The van der Waals surface area contributed by atoms with Crippen molar-refractivity contribution in [3.63, 3.8) is 0 Å². The van der Waals surface area contributed by atoms with Crippen molar-refractivity contribution in [3.05, 3.63) is 23.2 Å². The van der Waals surface area contributed by atoms with E-state index in [0.717, 1.165) is 28.0 Å². The van der Waals surface area contributed by atoms with E-state index in [0.29, 0.717) is 6.54 Å². The van der Waals surface area contributed by atoms with Crippen LogP contribution in [-0.2, 0) is 6.42 Å². The summed E-state index contributed by atoms with van der Waals surface area (Å²) >= 11 is 1.62. The summed E-state index contributed by atoms with van der Waals surface area (Å²) in [6, 6.07) is 4.08. The van der Waals surface area contributed by atoms with Crippen LogP contribution in [0.2, 0.25) is 0 Å². The standard InChI is InChI=1S/C10H12N2OS/c1-13-9-5-10-8(12-6-14-10)4-7(9)2-3-11/h4-6H,2-3,11H2,1H3. The molecule has 0 aliphatic heterocycles. The van der Waals surface area contributed by atoms with Crippen molar-refractivity contribution in [1.29, 1.82) is 0 Å². The third-order valence-electron chi connectivity index (χ3n) is 2.15. The van der Waals surface area contributed by atoms with Gasteiger partial charge in [-0.15, -0.1) is 11.3 Å². The van der Waals surface area contributed by atoms with Crippen LogP contribution < -0.4 is 10.5 Å².